The topological polar surface area (TPSA) is 66.5 Å². The maximum Gasteiger partial charge on any atom is 0.243 e. The molecule has 1 aliphatic rings. The number of hydrogen-bond acceptors (Lipinski definition) is 3. The Morgan fingerprint density at radius 2 is 2.00 bits per heavy atom. The van der Waals surface area contributed by atoms with Gasteiger partial charge >= 0.3 is 0 Å². The molecule has 1 aliphatic heterocycles. The second kappa shape index (κ2) is 5.48. The smallest absolute Gasteiger partial charge is 0.243 e. The van der Waals surface area contributed by atoms with Crippen molar-refractivity contribution in [1.82, 2.24) is 9.62 Å². The predicted molar refractivity (Wildman–Crippen MR) is 72.4 cm³/mol. The molecule has 5 nitrogen and oxygen atoms in total. The lowest BCUT2D eigenvalue weighted by atomic mass is 10.2. The average Bonchev–Trinajstić information content (AvgIpc) is 2.39. The van der Waals surface area contributed by atoms with Crippen molar-refractivity contribution in [1.29, 1.82) is 0 Å². The Morgan fingerprint density at radius 1 is 1.37 bits per heavy atom. The maximum atomic E-state index is 12.5. The Balaban J connectivity index is 2.37. The molecule has 1 aromatic rings. The molecule has 1 saturated heterocycles. The summed E-state index contributed by atoms with van der Waals surface area (Å²) in [7, 11) is -3.66. The zero-order valence-corrected chi connectivity index (χ0v) is 12.0. The van der Waals surface area contributed by atoms with Crippen LogP contribution in [-0.4, -0.2) is 37.8 Å². The SMILES string of the molecule is CCC1C(=O)NCCN1S(=O)(=O)c1ccc(Cl)cc1. The number of piperazine rings is 1. The number of hydrogen-bond donors (Lipinski definition) is 1. The molecule has 0 saturated carbocycles. The highest BCUT2D eigenvalue weighted by Gasteiger charge is 2.37. The molecule has 1 heterocycles. The van der Waals surface area contributed by atoms with Crippen molar-refractivity contribution in [2.45, 2.75) is 24.3 Å². The fourth-order valence-electron chi connectivity index (χ4n) is 2.11. The summed E-state index contributed by atoms with van der Waals surface area (Å²) in [5.74, 6) is -0.244. The van der Waals surface area contributed by atoms with Crippen LogP contribution in [0.5, 0.6) is 0 Å². The molecule has 7 heteroatoms. The van der Waals surface area contributed by atoms with Gasteiger partial charge in [0.25, 0.3) is 0 Å². The van der Waals surface area contributed by atoms with Crippen LogP contribution in [-0.2, 0) is 14.8 Å². The lowest BCUT2D eigenvalue weighted by molar-refractivity contribution is -0.126. The molecule has 0 aromatic heterocycles. The Kier molecular flexibility index (Phi) is 4.13. The Morgan fingerprint density at radius 3 is 2.58 bits per heavy atom. The van der Waals surface area contributed by atoms with E-state index >= 15 is 0 Å². The minimum atomic E-state index is -3.66. The fourth-order valence-corrected chi connectivity index (χ4v) is 3.90. The van der Waals surface area contributed by atoms with E-state index in [-0.39, 0.29) is 17.3 Å². The third-order valence-corrected chi connectivity index (χ3v) is 5.26. The van der Waals surface area contributed by atoms with Crippen LogP contribution < -0.4 is 5.32 Å². The molecular formula is C12H15ClN2O3S. The molecule has 0 bridgehead atoms. The number of nitrogens with zero attached hydrogens (tertiary/aromatic N) is 1. The Hall–Kier alpha value is -1.11. The zero-order chi connectivity index (χ0) is 14.0. The normalized spacial score (nSPS) is 21.2. The van der Waals surface area contributed by atoms with Crippen molar-refractivity contribution < 1.29 is 13.2 Å². The first-order valence-electron chi connectivity index (χ1n) is 6.02. The van der Waals surface area contributed by atoms with Gasteiger partial charge in [0.2, 0.25) is 15.9 Å². The molecule has 1 aromatic carbocycles. The summed E-state index contributed by atoms with van der Waals surface area (Å²) in [5, 5.41) is 3.15. The minimum Gasteiger partial charge on any atom is -0.353 e. The van der Waals surface area contributed by atoms with Gasteiger partial charge in [-0.1, -0.05) is 18.5 Å². The molecule has 19 heavy (non-hydrogen) atoms. The Labute approximate surface area is 117 Å². The van der Waals surface area contributed by atoms with E-state index in [0.29, 0.717) is 18.0 Å². The average molecular weight is 303 g/mol. The second-order valence-corrected chi connectivity index (χ2v) is 6.61. The lowest BCUT2D eigenvalue weighted by Gasteiger charge is -2.33. The summed E-state index contributed by atoms with van der Waals surface area (Å²) in [6.45, 7) is 2.41. The van der Waals surface area contributed by atoms with Crippen molar-refractivity contribution in [2.75, 3.05) is 13.1 Å². The van der Waals surface area contributed by atoms with E-state index in [1.165, 1.54) is 28.6 Å². The van der Waals surface area contributed by atoms with Crippen LogP contribution in [0.4, 0.5) is 0 Å². The van der Waals surface area contributed by atoms with E-state index in [4.69, 9.17) is 11.6 Å². The van der Waals surface area contributed by atoms with Gasteiger partial charge in [0.05, 0.1) is 4.90 Å². The number of nitrogens with one attached hydrogen (secondary N) is 1. The van der Waals surface area contributed by atoms with Gasteiger partial charge in [-0.2, -0.15) is 4.31 Å². The number of benzene rings is 1. The molecule has 0 aliphatic carbocycles. The van der Waals surface area contributed by atoms with E-state index in [1.807, 2.05) is 0 Å². The number of sulfonamides is 1. The molecule has 1 fully saturated rings. The monoisotopic (exact) mass is 302 g/mol. The van der Waals surface area contributed by atoms with Crippen LogP contribution in [0, 0.1) is 0 Å². The van der Waals surface area contributed by atoms with Gasteiger partial charge in [-0.25, -0.2) is 8.42 Å². The summed E-state index contributed by atoms with van der Waals surface area (Å²) in [6, 6.07) is 5.32. The minimum absolute atomic E-state index is 0.157. The molecule has 1 N–H and O–H groups in total. The van der Waals surface area contributed by atoms with E-state index in [1.54, 1.807) is 6.92 Å². The van der Waals surface area contributed by atoms with E-state index < -0.39 is 16.1 Å². The number of carbonyl (C=O) groups is 1. The maximum absolute atomic E-state index is 12.5. The number of amides is 1. The van der Waals surface area contributed by atoms with Crippen molar-refractivity contribution in [3.05, 3.63) is 29.3 Å². The van der Waals surface area contributed by atoms with Crippen molar-refractivity contribution in [2.24, 2.45) is 0 Å². The molecule has 104 valence electrons. The summed E-state index contributed by atoms with van der Waals surface area (Å²) in [5.41, 5.74) is 0. The lowest BCUT2D eigenvalue weighted by Crippen LogP contribution is -2.56. The molecule has 0 radical (unpaired) electrons. The molecule has 2 rings (SSSR count). The van der Waals surface area contributed by atoms with Crippen LogP contribution in [0.25, 0.3) is 0 Å². The highest BCUT2D eigenvalue weighted by atomic mass is 35.5. The van der Waals surface area contributed by atoms with Gasteiger partial charge in [0.15, 0.2) is 0 Å². The molecule has 0 spiro atoms. The van der Waals surface area contributed by atoms with Gasteiger partial charge in [-0.05, 0) is 30.7 Å². The summed E-state index contributed by atoms with van der Waals surface area (Å²) in [6.07, 6.45) is 0.443. The molecular weight excluding hydrogens is 288 g/mol. The second-order valence-electron chi connectivity index (χ2n) is 4.28. The molecule has 1 unspecified atom stereocenters. The number of halogens is 1. The first-order chi connectivity index (χ1) is 8.96. The van der Waals surface area contributed by atoms with Gasteiger partial charge in [0, 0.05) is 18.1 Å². The zero-order valence-electron chi connectivity index (χ0n) is 10.5. The quantitative estimate of drug-likeness (QED) is 0.913. The summed E-state index contributed by atoms with van der Waals surface area (Å²) >= 11 is 5.75. The molecule has 1 amide bonds. The highest BCUT2D eigenvalue weighted by molar-refractivity contribution is 7.89. The summed E-state index contributed by atoms with van der Waals surface area (Å²) in [4.78, 5) is 11.9. The third kappa shape index (κ3) is 2.75. The summed E-state index contributed by atoms with van der Waals surface area (Å²) < 4.78 is 26.3. The van der Waals surface area contributed by atoms with Crippen LogP contribution >= 0.6 is 11.6 Å². The van der Waals surface area contributed by atoms with Crippen molar-refractivity contribution >= 4 is 27.5 Å². The number of carbonyl (C=O) groups excluding carboxylic acids is 1. The molecule has 1 atom stereocenters. The van der Waals surface area contributed by atoms with Crippen LogP contribution in [0.15, 0.2) is 29.2 Å². The van der Waals surface area contributed by atoms with E-state index in [2.05, 4.69) is 5.32 Å². The number of rotatable bonds is 3. The van der Waals surface area contributed by atoms with Crippen molar-refractivity contribution in [3.63, 3.8) is 0 Å². The van der Waals surface area contributed by atoms with Crippen LogP contribution in [0.2, 0.25) is 5.02 Å². The van der Waals surface area contributed by atoms with Gasteiger partial charge in [-0.15, -0.1) is 0 Å². The standard InChI is InChI=1S/C12H15ClN2O3S/c1-2-11-12(16)14-7-8-15(11)19(17,18)10-5-3-9(13)4-6-10/h3-6,11H,2,7-8H2,1H3,(H,14,16). The van der Waals surface area contributed by atoms with Crippen molar-refractivity contribution in [3.8, 4) is 0 Å². The first-order valence-corrected chi connectivity index (χ1v) is 7.83. The highest BCUT2D eigenvalue weighted by Crippen LogP contribution is 2.22. The van der Waals surface area contributed by atoms with Crippen LogP contribution in [0.1, 0.15) is 13.3 Å². The predicted octanol–water partition coefficient (Wildman–Crippen LogP) is 1.24. The largest absolute Gasteiger partial charge is 0.353 e. The van der Waals surface area contributed by atoms with Gasteiger partial charge in [-0.3, -0.25) is 4.79 Å². The van der Waals surface area contributed by atoms with Gasteiger partial charge < -0.3 is 5.32 Å². The van der Waals surface area contributed by atoms with E-state index in [0.717, 1.165) is 0 Å². The van der Waals surface area contributed by atoms with Crippen LogP contribution in [0.3, 0.4) is 0 Å². The Bertz CT molecular complexity index is 571. The first kappa shape index (κ1) is 14.3. The fraction of sp³-hybridized carbons (Fsp3) is 0.417. The van der Waals surface area contributed by atoms with Gasteiger partial charge in [0.1, 0.15) is 6.04 Å². The van der Waals surface area contributed by atoms with E-state index in [9.17, 15) is 13.2 Å². The third-order valence-electron chi connectivity index (χ3n) is 3.09.